The summed E-state index contributed by atoms with van der Waals surface area (Å²) < 4.78 is 5.88. The smallest absolute Gasteiger partial charge is 0.220 e. The summed E-state index contributed by atoms with van der Waals surface area (Å²) in [6.07, 6.45) is 13.2. The Labute approximate surface area is 186 Å². The lowest BCUT2D eigenvalue weighted by atomic mass is 9.79. The third kappa shape index (κ3) is 11.1. The molecular weight excluding hydrogens is 380 g/mol. The zero-order chi connectivity index (χ0) is 22.4. The first kappa shape index (κ1) is 26.6. The van der Waals surface area contributed by atoms with Gasteiger partial charge >= 0.3 is 0 Å². The normalized spacial score (nSPS) is 23.0. The van der Waals surface area contributed by atoms with E-state index in [0.29, 0.717) is 31.3 Å². The van der Waals surface area contributed by atoms with Crippen LogP contribution in [0.15, 0.2) is 0 Å². The SMILES string of the molecule is CCC(C)C(=O)C1CCC(NC(=O)CCCOC2CCCCC2)CC1.CCC(N)=O.[HH].[HH]. The highest BCUT2D eigenvalue weighted by atomic mass is 16.5. The number of hydrogen-bond donors (Lipinski definition) is 2. The van der Waals surface area contributed by atoms with Crippen LogP contribution in [0.1, 0.15) is 107 Å². The molecule has 2 amide bonds. The molecule has 1 unspecified atom stereocenters. The van der Waals surface area contributed by atoms with Crippen molar-refractivity contribution in [1.29, 1.82) is 0 Å². The minimum atomic E-state index is -0.245. The maximum absolute atomic E-state index is 12.3. The third-order valence-corrected chi connectivity index (χ3v) is 6.40. The summed E-state index contributed by atoms with van der Waals surface area (Å²) >= 11 is 0. The lowest BCUT2D eigenvalue weighted by molar-refractivity contribution is -0.127. The van der Waals surface area contributed by atoms with Gasteiger partial charge in [0.2, 0.25) is 11.8 Å². The summed E-state index contributed by atoms with van der Waals surface area (Å²) in [5.41, 5.74) is 4.65. The standard InChI is InChI=1S/C21H37NO3.C3H7NO.2H2/c1-3-16(2)21(24)17-11-13-18(14-12-17)22-20(23)10-7-15-25-19-8-5-4-6-9-19;1-2-3(4)5;;/h16-19H,3-15H2,1-2H3,(H,22,23);2H2,1H3,(H2,4,5);2*1H. The predicted molar refractivity (Wildman–Crippen MR) is 124 cm³/mol. The Hall–Kier alpha value is -1.43. The van der Waals surface area contributed by atoms with Gasteiger partial charge < -0.3 is 15.8 Å². The van der Waals surface area contributed by atoms with Gasteiger partial charge in [-0.15, -0.1) is 0 Å². The topological polar surface area (TPSA) is 98.5 Å². The molecule has 0 bridgehead atoms. The van der Waals surface area contributed by atoms with E-state index >= 15 is 0 Å². The lowest BCUT2D eigenvalue weighted by Gasteiger charge is -2.29. The number of carbonyl (C=O) groups is 3. The fourth-order valence-corrected chi connectivity index (χ4v) is 4.14. The van der Waals surface area contributed by atoms with Gasteiger partial charge in [-0.2, -0.15) is 0 Å². The number of nitrogens with two attached hydrogens (primary N) is 1. The highest BCUT2D eigenvalue weighted by molar-refractivity contribution is 5.83. The highest BCUT2D eigenvalue weighted by Gasteiger charge is 2.28. The van der Waals surface area contributed by atoms with Crippen molar-refractivity contribution in [3.05, 3.63) is 0 Å². The second-order valence-corrected chi connectivity index (χ2v) is 8.88. The van der Waals surface area contributed by atoms with Gasteiger partial charge in [0.25, 0.3) is 0 Å². The predicted octanol–water partition coefficient (Wildman–Crippen LogP) is 4.78. The van der Waals surface area contributed by atoms with E-state index in [4.69, 9.17) is 4.74 Å². The summed E-state index contributed by atoms with van der Waals surface area (Å²) in [6, 6.07) is 0.257. The molecule has 0 radical (unpaired) electrons. The summed E-state index contributed by atoms with van der Waals surface area (Å²) in [7, 11) is 0. The molecule has 6 heteroatoms. The first-order chi connectivity index (χ1) is 14.4. The van der Waals surface area contributed by atoms with Crippen molar-refractivity contribution in [2.75, 3.05) is 6.61 Å². The molecule has 2 aliphatic rings. The zero-order valence-electron chi connectivity index (χ0n) is 19.4. The van der Waals surface area contributed by atoms with E-state index in [1.807, 2.05) is 6.92 Å². The quantitative estimate of drug-likeness (QED) is 0.489. The molecule has 0 saturated heterocycles. The third-order valence-electron chi connectivity index (χ3n) is 6.40. The molecule has 178 valence electrons. The minimum absolute atomic E-state index is 0. The molecule has 2 rings (SSSR count). The number of Topliss-reactive ketones (excluding diaryl/α,β-unsaturated/α-hetero) is 1. The summed E-state index contributed by atoms with van der Waals surface area (Å²) in [6.45, 7) is 6.54. The first-order valence-corrected chi connectivity index (χ1v) is 12.1. The van der Waals surface area contributed by atoms with Crippen LogP contribution in [0.25, 0.3) is 0 Å². The Morgan fingerprint density at radius 2 is 1.63 bits per heavy atom. The Balaban J connectivity index is 0. The van der Waals surface area contributed by atoms with Crippen LogP contribution in [0.2, 0.25) is 0 Å². The monoisotopic (exact) mass is 428 g/mol. The second-order valence-electron chi connectivity index (χ2n) is 8.88. The molecule has 3 N–H and O–H groups in total. The second kappa shape index (κ2) is 15.4. The first-order valence-electron chi connectivity index (χ1n) is 12.1. The van der Waals surface area contributed by atoms with E-state index in [0.717, 1.165) is 38.5 Å². The van der Waals surface area contributed by atoms with Gasteiger partial charge in [0.15, 0.2) is 0 Å². The van der Waals surface area contributed by atoms with Gasteiger partial charge in [-0.05, 0) is 51.4 Å². The molecule has 1 atom stereocenters. The largest absolute Gasteiger partial charge is 0.378 e. The molecule has 6 nitrogen and oxygen atoms in total. The van der Waals surface area contributed by atoms with Crippen molar-refractivity contribution < 1.29 is 22.0 Å². The van der Waals surface area contributed by atoms with E-state index in [1.54, 1.807) is 6.92 Å². The van der Waals surface area contributed by atoms with Crippen molar-refractivity contribution >= 4 is 17.6 Å². The van der Waals surface area contributed by atoms with Gasteiger partial charge in [-0.1, -0.05) is 40.0 Å². The van der Waals surface area contributed by atoms with Crippen LogP contribution >= 0.6 is 0 Å². The minimum Gasteiger partial charge on any atom is -0.378 e. The number of ether oxygens (including phenoxy) is 1. The van der Waals surface area contributed by atoms with E-state index in [1.165, 1.54) is 32.1 Å². The molecule has 30 heavy (non-hydrogen) atoms. The van der Waals surface area contributed by atoms with Crippen molar-refractivity contribution in [2.45, 2.75) is 116 Å². The average Bonchev–Trinajstić information content (AvgIpc) is 2.77. The van der Waals surface area contributed by atoms with Crippen molar-refractivity contribution in [3.8, 4) is 0 Å². The van der Waals surface area contributed by atoms with Crippen molar-refractivity contribution in [3.63, 3.8) is 0 Å². The molecule has 0 aromatic carbocycles. The van der Waals surface area contributed by atoms with E-state index in [9.17, 15) is 14.4 Å². The molecule has 0 aliphatic heterocycles. The van der Waals surface area contributed by atoms with Gasteiger partial charge in [-0.25, -0.2) is 0 Å². The highest BCUT2D eigenvalue weighted by Crippen LogP contribution is 2.28. The average molecular weight is 429 g/mol. The number of hydrogen-bond acceptors (Lipinski definition) is 4. The molecule has 0 spiro atoms. The number of carbonyl (C=O) groups excluding carboxylic acids is 3. The molecule has 0 aromatic rings. The number of primary amides is 1. The lowest BCUT2D eigenvalue weighted by Crippen LogP contribution is -2.39. The summed E-state index contributed by atoms with van der Waals surface area (Å²) in [4.78, 5) is 34.0. The summed E-state index contributed by atoms with van der Waals surface area (Å²) in [5, 5.41) is 3.15. The van der Waals surface area contributed by atoms with E-state index in [-0.39, 0.29) is 32.5 Å². The number of amides is 2. The fraction of sp³-hybridized carbons (Fsp3) is 0.875. The Morgan fingerprint density at radius 3 is 2.17 bits per heavy atom. The van der Waals surface area contributed by atoms with Crippen molar-refractivity contribution in [1.82, 2.24) is 5.32 Å². The van der Waals surface area contributed by atoms with Crippen LogP contribution in [0, 0.1) is 11.8 Å². The Bertz CT molecular complexity index is 520. The van der Waals surface area contributed by atoms with Gasteiger partial charge in [0.05, 0.1) is 6.10 Å². The maximum atomic E-state index is 12.3. The van der Waals surface area contributed by atoms with Crippen molar-refractivity contribution in [2.24, 2.45) is 17.6 Å². The molecule has 0 heterocycles. The zero-order valence-corrected chi connectivity index (χ0v) is 19.4. The van der Waals surface area contributed by atoms with Crippen LogP contribution in [0.4, 0.5) is 0 Å². The van der Waals surface area contributed by atoms with Gasteiger partial charge in [0, 0.05) is 40.2 Å². The van der Waals surface area contributed by atoms with E-state index < -0.39 is 0 Å². The fourth-order valence-electron chi connectivity index (χ4n) is 4.14. The molecule has 0 aromatic heterocycles. The molecule has 2 fully saturated rings. The molecule has 2 saturated carbocycles. The summed E-state index contributed by atoms with van der Waals surface area (Å²) in [5.74, 6) is 0.716. The Morgan fingerprint density at radius 1 is 1.03 bits per heavy atom. The van der Waals surface area contributed by atoms with E-state index in [2.05, 4.69) is 18.0 Å². The van der Waals surface area contributed by atoms with Crippen LogP contribution < -0.4 is 11.1 Å². The van der Waals surface area contributed by atoms with Crippen LogP contribution in [0.5, 0.6) is 0 Å². The molecule has 2 aliphatic carbocycles. The molecular formula is C24H48N2O4. The van der Waals surface area contributed by atoms with Gasteiger partial charge in [-0.3, -0.25) is 14.4 Å². The Kier molecular flexibility index (Phi) is 13.6. The van der Waals surface area contributed by atoms with Crippen LogP contribution in [0.3, 0.4) is 0 Å². The van der Waals surface area contributed by atoms with Crippen LogP contribution in [-0.4, -0.2) is 36.4 Å². The number of nitrogens with one attached hydrogen (secondary N) is 1. The van der Waals surface area contributed by atoms with Crippen LogP contribution in [-0.2, 0) is 19.1 Å². The van der Waals surface area contributed by atoms with Gasteiger partial charge in [0.1, 0.15) is 5.78 Å². The number of ketones is 1. The number of rotatable bonds is 10. The maximum Gasteiger partial charge on any atom is 0.220 e.